The maximum absolute atomic E-state index is 13.1. The van der Waals surface area contributed by atoms with E-state index in [9.17, 15) is 14.7 Å². The number of aromatic nitrogens is 1. The Kier molecular flexibility index (Phi) is 5.10. The van der Waals surface area contributed by atoms with E-state index >= 15 is 0 Å². The van der Waals surface area contributed by atoms with Crippen molar-refractivity contribution in [2.45, 2.75) is 19.9 Å². The third-order valence-electron chi connectivity index (χ3n) is 5.39. The van der Waals surface area contributed by atoms with E-state index in [0.29, 0.717) is 22.4 Å². The molecule has 3 aromatic rings. The van der Waals surface area contributed by atoms with Crippen molar-refractivity contribution >= 4 is 23.1 Å². The summed E-state index contributed by atoms with van der Waals surface area (Å²) in [6.07, 6.45) is 3.15. The van der Waals surface area contributed by atoms with Crippen LogP contribution in [0.4, 0.5) is 5.69 Å². The third kappa shape index (κ3) is 3.47. The maximum atomic E-state index is 13.1. The molecular formula is C25H19N3O3. The van der Waals surface area contributed by atoms with E-state index in [0.717, 1.165) is 11.1 Å². The van der Waals surface area contributed by atoms with Gasteiger partial charge in [0.25, 0.3) is 11.7 Å². The maximum Gasteiger partial charge on any atom is 0.300 e. The van der Waals surface area contributed by atoms with Gasteiger partial charge in [-0.3, -0.25) is 19.5 Å². The number of ketones is 1. The summed E-state index contributed by atoms with van der Waals surface area (Å²) in [6, 6.07) is 16.6. The normalized spacial score (nSPS) is 17.6. The average molecular weight is 409 g/mol. The Hall–Kier alpha value is -4.24. The fourth-order valence-electron chi connectivity index (χ4n) is 3.79. The van der Waals surface area contributed by atoms with Crippen LogP contribution >= 0.6 is 0 Å². The Bertz CT molecular complexity index is 1260. The highest BCUT2D eigenvalue weighted by Gasteiger charge is 2.47. The van der Waals surface area contributed by atoms with Gasteiger partial charge in [-0.25, -0.2) is 0 Å². The summed E-state index contributed by atoms with van der Waals surface area (Å²) in [5, 5.41) is 20.3. The van der Waals surface area contributed by atoms with Gasteiger partial charge in [0.1, 0.15) is 5.76 Å². The second-order valence-corrected chi connectivity index (χ2v) is 7.43. The molecule has 0 aliphatic carbocycles. The van der Waals surface area contributed by atoms with Gasteiger partial charge < -0.3 is 5.11 Å². The van der Waals surface area contributed by atoms with E-state index in [1.54, 1.807) is 54.9 Å². The van der Waals surface area contributed by atoms with E-state index in [1.807, 2.05) is 32.0 Å². The number of aryl methyl sites for hydroxylation is 2. The Labute approximate surface area is 179 Å². The summed E-state index contributed by atoms with van der Waals surface area (Å²) in [6.45, 7) is 3.73. The lowest BCUT2D eigenvalue weighted by atomic mass is 9.93. The number of pyridine rings is 1. The minimum absolute atomic E-state index is 0.0225. The minimum atomic E-state index is -0.823. The topological polar surface area (TPSA) is 94.3 Å². The van der Waals surface area contributed by atoms with Gasteiger partial charge in [0, 0.05) is 23.6 Å². The largest absolute Gasteiger partial charge is 0.507 e. The van der Waals surface area contributed by atoms with Crippen LogP contribution in [0.2, 0.25) is 0 Å². The van der Waals surface area contributed by atoms with Crippen LogP contribution in [0.1, 0.15) is 33.9 Å². The number of nitrogens with zero attached hydrogens (tertiary/aromatic N) is 3. The number of rotatable bonds is 3. The molecule has 6 nitrogen and oxygen atoms in total. The molecule has 1 aromatic heterocycles. The number of hydrogen-bond acceptors (Lipinski definition) is 5. The first kappa shape index (κ1) is 20.0. The van der Waals surface area contributed by atoms with Gasteiger partial charge in [-0.15, -0.1) is 0 Å². The van der Waals surface area contributed by atoms with Crippen LogP contribution in [0, 0.1) is 25.2 Å². The number of nitriles is 1. The summed E-state index contributed by atoms with van der Waals surface area (Å²) >= 11 is 0. The molecule has 1 aliphatic rings. The predicted molar refractivity (Wildman–Crippen MR) is 116 cm³/mol. The van der Waals surface area contributed by atoms with Crippen LogP contribution in [-0.4, -0.2) is 21.8 Å². The molecule has 2 heterocycles. The Morgan fingerprint density at radius 2 is 1.71 bits per heavy atom. The molecule has 0 radical (unpaired) electrons. The summed E-state index contributed by atoms with van der Waals surface area (Å²) < 4.78 is 0. The zero-order chi connectivity index (χ0) is 22.1. The number of aliphatic hydroxyl groups is 1. The number of anilines is 1. The van der Waals surface area contributed by atoms with Crippen LogP contribution in [0.5, 0.6) is 0 Å². The number of carbonyl (C=O) groups is 2. The first-order valence-electron chi connectivity index (χ1n) is 9.71. The van der Waals surface area contributed by atoms with Gasteiger partial charge in [0.05, 0.1) is 23.2 Å². The molecule has 4 rings (SSSR count). The van der Waals surface area contributed by atoms with Gasteiger partial charge >= 0.3 is 0 Å². The lowest BCUT2D eigenvalue weighted by molar-refractivity contribution is -0.132. The fraction of sp³-hybridized carbons (Fsp3) is 0.120. The summed E-state index contributed by atoms with van der Waals surface area (Å²) in [4.78, 5) is 31.6. The Morgan fingerprint density at radius 3 is 2.35 bits per heavy atom. The molecular weight excluding hydrogens is 390 g/mol. The van der Waals surface area contributed by atoms with Gasteiger partial charge in [-0.2, -0.15) is 5.26 Å². The van der Waals surface area contributed by atoms with Crippen molar-refractivity contribution in [2.24, 2.45) is 0 Å². The van der Waals surface area contributed by atoms with Crippen LogP contribution in [0.25, 0.3) is 5.76 Å². The van der Waals surface area contributed by atoms with E-state index in [4.69, 9.17) is 5.26 Å². The minimum Gasteiger partial charge on any atom is -0.507 e. The standard InChI is InChI=1S/C25H19N3O3/c1-15-3-4-16(2)20(13-15)23(29)21-22(18-9-11-27-12-10-18)28(25(31)24(21)30)19-7-5-17(14-26)6-8-19/h3-13,22,29H,1-2H3/b23-21+. The highest BCUT2D eigenvalue weighted by atomic mass is 16.3. The SMILES string of the molecule is Cc1ccc(C)c(/C(O)=C2\C(=O)C(=O)N(c3ccc(C#N)cc3)C2c2ccncc2)c1. The van der Waals surface area contributed by atoms with E-state index in [2.05, 4.69) is 4.98 Å². The second kappa shape index (κ2) is 7.88. The highest BCUT2D eigenvalue weighted by Crippen LogP contribution is 2.42. The number of carbonyl (C=O) groups excluding carboxylic acids is 2. The molecule has 1 amide bonds. The molecule has 1 unspecified atom stereocenters. The van der Waals surface area contributed by atoms with Crippen LogP contribution in [0.15, 0.2) is 72.6 Å². The molecule has 1 saturated heterocycles. The lowest BCUT2D eigenvalue weighted by Crippen LogP contribution is -2.29. The van der Waals surface area contributed by atoms with Crippen molar-refractivity contribution in [1.82, 2.24) is 4.98 Å². The van der Waals surface area contributed by atoms with Crippen molar-refractivity contribution in [3.05, 3.63) is 100 Å². The van der Waals surface area contributed by atoms with Crippen molar-refractivity contribution in [3.8, 4) is 6.07 Å². The van der Waals surface area contributed by atoms with Crippen molar-refractivity contribution in [2.75, 3.05) is 4.90 Å². The molecule has 1 atom stereocenters. The molecule has 31 heavy (non-hydrogen) atoms. The van der Waals surface area contributed by atoms with Crippen LogP contribution in [0.3, 0.4) is 0 Å². The van der Waals surface area contributed by atoms with Crippen LogP contribution in [-0.2, 0) is 9.59 Å². The van der Waals surface area contributed by atoms with Crippen molar-refractivity contribution in [1.29, 1.82) is 5.26 Å². The average Bonchev–Trinajstić information content (AvgIpc) is 3.06. The molecule has 1 fully saturated rings. The molecule has 2 aromatic carbocycles. The highest BCUT2D eigenvalue weighted by molar-refractivity contribution is 6.51. The first-order valence-corrected chi connectivity index (χ1v) is 9.71. The molecule has 0 spiro atoms. The number of benzene rings is 2. The molecule has 1 N–H and O–H groups in total. The van der Waals surface area contributed by atoms with E-state index in [1.165, 1.54) is 4.90 Å². The number of amides is 1. The quantitative estimate of drug-likeness (QED) is 0.398. The first-order chi connectivity index (χ1) is 14.9. The number of aliphatic hydroxyl groups excluding tert-OH is 1. The van der Waals surface area contributed by atoms with Crippen molar-refractivity contribution < 1.29 is 14.7 Å². The molecule has 1 aliphatic heterocycles. The number of Topliss-reactive ketones (excluding diaryl/α,β-unsaturated/α-hetero) is 1. The van der Waals surface area contributed by atoms with E-state index in [-0.39, 0.29) is 11.3 Å². The lowest BCUT2D eigenvalue weighted by Gasteiger charge is -2.25. The van der Waals surface area contributed by atoms with Crippen LogP contribution < -0.4 is 4.90 Å². The molecule has 6 heteroatoms. The fourth-order valence-corrected chi connectivity index (χ4v) is 3.79. The van der Waals surface area contributed by atoms with Gasteiger partial charge in [-0.05, 0) is 67.4 Å². The smallest absolute Gasteiger partial charge is 0.300 e. The Balaban J connectivity index is 1.96. The summed E-state index contributed by atoms with van der Waals surface area (Å²) in [5.74, 6) is -1.71. The summed E-state index contributed by atoms with van der Waals surface area (Å²) in [5.41, 5.74) is 3.80. The Morgan fingerprint density at radius 1 is 1.03 bits per heavy atom. The van der Waals surface area contributed by atoms with Gasteiger partial charge in [-0.1, -0.05) is 17.7 Å². The zero-order valence-electron chi connectivity index (χ0n) is 17.0. The van der Waals surface area contributed by atoms with E-state index < -0.39 is 17.7 Å². The predicted octanol–water partition coefficient (Wildman–Crippen LogP) is 4.20. The van der Waals surface area contributed by atoms with Gasteiger partial charge in [0.2, 0.25) is 0 Å². The van der Waals surface area contributed by atoms with Gasteiger partial charge in [0.15, 0.2) is 0 Å². The molecule has 152 valence electrons. The monoisotopic (exact) mass is 409 g/mol. The zero-order valence-corrected chi connectivity index (χ0v) is 17.0. The molecule has 0 bridgehead atoms. The summed E-state index contributed by atoms with van der Waals surface area (Å²) in [7, 11) is 0. The third-order valence-corrected chi connectivity index (χ3v) is 5.39. The molecule has 0 saturated carbocycles. The second-order valence-electron chi connectivity index (χ2n) is 7.43. The number of hydrogen-bond donors (Lipinski definition) is 1. The van der Waals surface area contributed by atoms with Crippen molar-refractivity contribution in [3.63, 3.8) is 0 Å².